The van der Waals surface area contributed by atoms with Gasteiger partial charge in [0.1, 0.15) is 6.04 Å². The molecule has 1 aromatic heterocycles. The lowest BCUT2D eigenvalue weighted by Gasteiger charge is -2.13. The molecule has 2 aromatic rings. The van der Waals surface area contributed by atoms with Gasteiger partial charge in [-0.05, 0) is 12.0 Å². The number of H-pyrrole nitrogens is 1. The van der Waals surface area contributed by atoms with Gasteiger partial charge in [-0.1, -0.05) is 30.3 Å². The number of aromatic nitrogens is 2. The first-order valence-electron chi connectivity index (χ1n) is 6.68. The summed E-state index contributed by atoms with van der Waals surface area (Å²) in [6, 6.07) is 8.65. The molecule has 1 amide bonds. The fraction of sp³-hybridized carbons (Fsp3) is 0.267. The Morgan fingerprint density at radius 1 is 1.29 bits per heavy atom. The third kappa shape index (κ3) is 4.76. The number of carbonyl (C=O) groups excluding carboxylic acids is 1. The second kappa shape index (κ2) is 7.23. The summed E-state index contributed by atoms with van der Waals surface area (Å²) in [4.78, 5) is 29.7. The number of amides is 1. The number of hydrogen-bond acceptors (Lipinski definition) is 3. The van der Waals surface area contributed by atoms with Crippen molar-refractivity contribution in [2.45, 2.75) is 25.3 Å². The van der Waals surface area contributed by atoms with Crippen LogP contribution >= 0.6 is 0 Å². The maximum absolute atomic E-state index is 11.9. The Hall–Kier alpha value is -2.63. The molecule has 2 rings (SSSR count). The van der Waals surface area contributed by atoms with Crippen molar-refractivity contribution in [3.8, 4) is 0 Å². The second-order valence-corrected chi connectivity index (χ2v) is 4.72. The second-order valence-electron chi connectivity index (χ2n) is 4.72. The Morgan fingerprint density at radius 3 is 2.67 bits per heavy atom. The summed E-state index contributed by atoms with van der Waals surface area (Å²) in [6.45, 7) is 0. The van der Waals surface area contributed by atoms with Crippen molar-refractivity contribution < 1.29 is 14.7 Å². The lowest BCUT2D eigenvalue weighted by atomic mass is 10.1. The van der Waals surface area contributed by atoms with E-state index in [-0.39, 0.29) is 18.7 Å². The molecule has 21 heavy (non-hydrogen) atoms. The maximum Gasteiger partial charge on any atom is 0.326 e. The van der Waals surface area contributed by atoms with Crippen LogP contribution in [0.5, 0.6) is 0 Å². The number of nitrogens with zero attached hydrogens (tertiary/aromatic N) is 1. The monoisotopic (exact) mass is 287 g/mol. The Morgan fingerprint density at radius 2 is 2.05 bits per heavy atom. The van der Waals surface area contributed by atoms with Gasteiger partial charge in [0.25, 0.3) is 0 Å². The topological polar surface area (TPSA) is 95.1 Å². The van der Waals surface area contributed by atoms with Crippen LogP contribution in [0.15, 0.2) is 42.9 Å². The highest BCUT2D eigenvalue weighted by molar-refractivity contribution is 5.83. The third-order valence-corrected chi connectivity index (χ3v) is 3.10. The van der Waals surface area contributed by atoms with Crippen LogP contribution in [0.2, 0.25) is 0 Å². The van der Waals surface area contributed by atoms with Gasteiger partial charge in [0.15, 0.2) is 0 Å². The minimum absolute atomic E-state index is 0.187. The number of carboxylic acids is 1. The average molecular weight is 287 g/mol. The van der Waals surface area contributed by atoms with Crippen molar-refractivity contribution in [3.63, 3.8) is 0 Å². The Labute approximate surface area is 122 Å². The van der Waals surface area contributed by atoms with Gasteiger partial charge in [0.2, 0.25) is 5.91 Å². The van der Waals surface area contributed by atoms with E-state index in [0.717, 1.165) is 5.56 Å². The van der Waals surface area contributed by atoms with Gasteiger partial charge in [0.05, 0.1) is 6.33 Å². The molecule has 0 aliphatic carbocycles. The normalized spacial score (nSPS) is 11.8. The van der Waals surface area contributed by atoms with Crippen LogP contribution in [0.25, 0.3) is 0 Å². The molecular formula is C15H17N3O3. The zero-order valence-electron chi connectivity index (χ0n) is 11.5. The van der Waals surface area contributed by atoms with Gasteiger partial charge in [0, 0.05) is 24.7 Å². The number of nitrogens with one attached hydrogen (secondary N) is 2. The van der Waals surface area contributed by atoms with Crippen molar-refractivity contribution in [1.82, 2.24) is 15.3 Å². The Kier molecular flexibility index (Phi) is 5.09. The van der Waals surface area contributed by atoms with E-state index < -0.39 is 12.0 Å². The molecule has 0 unspecified atom stereocenters. The molecule has 0 bridgehead atoms. The van der Waals surface area contributed by atoms with Crippen molar-refractivity contribution in [2.24, 2.45) is 0 Å². The van der Waals surface area contributed by atoms with E-state index in [4.69, 9.17) is 5.11 Å². The first kappa shape index (κ1) is 14.8. The minimum atomic E-state index is -1.06. The number of benzene rings is 1. The Bertz CT molecular complexity index is 581. The fourth-order valence-electron chi connectivity index (χ4n) is 1.99. The minimum Gasteiger partial charge on any atom is -0.480 e. The highest BCUT2D eigenvalue weighted by Crippen LogP contribution is 2.04. The van der Waals surface area contributed by atoms with Crippen LogP contribution in [0, 0.1) is 0 Å². The van der Waals surface area contributed by atoms with Crippen LogP contribution in [0.3, 0.4) is 0 Å². The summed E-state index contributed by atoms with van der Waals surface area (Å²) in [7, 11) is 0. The smallest absolute Gasteiger partial charge is 0.326 e. The number of carboxylic acid groups (broad SMARTS) is 1. The number of aliphatic carboxylic acids is 1. The van der Waals surface area contributed by atoms with Crippen LogP contribution < -0.4 is 5.32 Å². The molecule has 1 heterocycles. The molecule has 0 aliphatic heterocycles. The SMILES string of the molecule is O=C(CCc1ccccc1)N[C@H](Cc1cnc[nH]1)C(=O)O. The highest BCUT2D eigenvalue weighted by Gasteiger charge is 2.20. The lowest BCUT2D eigenvalue weighted by molar-refractivity contribution is -0.141. The van der Waals surface area contributed by atoms with Gasteiger partial charge in [-0.2, -0.15) is 0 Å². The predicted molar refractivity (Wildman–Crippen MR) is 76.6 cm³/mol. The summed E-state index contributed by atoms with van der Waals surface area (Å²) >= 11 is 0. The molecule has 1 aromatic carbocycles. The molecule has 0 radical (unpaired) electrons. The highest BCUT2D eigenvalue weighted by atomic mass is 16.4. The number of carbonyl (C=O) groups is 2. The lowest BCUT2D eigenvalue weighted by Crippen LogP contribution is -2.42. The summed E-state index contributed by atoms with van der Waals surface area (Å²) in [5, 5.41) is 11.7. The third-order valence-electron chi connectivity index (χ3n) is 3.10. The van der Waals surface area contributed by atoms with E-state index >= 15 is 0 Å². The summed E-state index contributed by atoms with van der Waals surface area (Å²) in [5.74, 6) is -1.33. The zero-order valence-corrected chi connectivity index (χ0v) is 11.5. The van der Waals surface area contributed by atoms with E-state index in [0.29, 0.717) is 12.1 Å². The van der Waals surface area contributed by atoms with Crippen LogP contribution in [0.1, 0.15) is 17.7 Å². The van der Waals surface area contributed by atoms with Crippen molar-refractivity contribution in [1.29, 1.82) is 0 Å². The number of aryl methyl sites for hydroxylation is 1. The van der Waals surface area contributed by atoms with Gasteiger partial charge in [-0.15, -0.1) is 0 Å². The molecule has 0 spiro atoms. The van der Waals surface area contributed by atoms with Crippen molar-refractivity contribution in [3.05, 3.63) is 54.1 Å². The standard InChI is InChI=1S/C15H17N3O3/c19-14(7-6-11-4-2-1-3-5-11)18-13(15(20)21)8-12-9-16-10-17-12/h1-5,9-10,13H,6-8H2,(H,16,17)(H,18,19)(H,20,21)/t13-/m1/s1. The zero-order chi connectivity index (χ0) is 15.1. The summed E-state index contributed by atoms with van der Waals surface area (Å²) < 4.78 is 0. The van der Waals surface area contributed by atoms with E-state index in [1.807, 2.05) is 30.3 Å². The first-order valence-corrected chi connectivity index (χ1v) is 6.68. The molecule has 110 valence electrons. The molecule has 6 nitrogen and oxygen atoms in total. The van der Waals surface area contributed by atoms with Gasteiger partial charge >= 0.3 is 5.97 Å². The van der Waals surface area contributed by atoms with Crippen LogP contribution in [-0.4, -0.2) is 33.0 Å². The van der Waals surface area contributed by atoms with Crippen LogP contribution in [-0.2, 0) is 22.4 Å². The molecule has 1 atom stereocenters. The number of rotatable bonds is 7. The number of imidazole rings is 1. The molecule has 0 saturated heterocycles. The van der Waals surface area contributed by atoms with E-state index in [2.05, 4.69) is 15.3 Å². The summed E-state index contributed by atoms with van der Waals surface area (Å²) in [6.07, 6.45) is 4.06. The molecule has 0 fully saturated rings. The first-order chi connectivity index (χ1) is 10.1. The molecule has 6 heteroatoms. The van der Waals surface area contributed by atoms with Gasteiger partial charge < -0.3 is 15.4 Å². The van der Waals surface area contributed by atoms with E-state index in [1.165, 1.54) is 6.33 Å². The largest absolute Gasteiger partial charge is 0.480 e. The average Bonchev–Trinajstić information content (AvgIpc) is 2.98. The fourth-order valence-corrected chi connectivity index (χ4v) is 1.99. The number of aromatic amines is 1. The predicted octanol–water partition coefficient (Wildman–Crippen LogP) is 1.15. The molecule has 3 N–H and O–H groups in total. The quantitative estimate of drug-likeness (QED) is 0.712. The molecule has 0 aliphatic rings. The van der Waals surface area contributed by atoms with E-state index in [1.54, 1.807) is 6.20 Å². The molecular weight excluding hydrogens is 270 g/mol. The van der Waals surface area contributed by atoms with Crippen molar-refractivity contribution >= 4 is 11.9 Å². The maximum atomic E-state index is 11.9. The van der Waals surface area contributed by atoms with Gasteiger partial charge in [-0.3, -0.25) is 4.79 Å². The Balaban J connectivity index is 1.85. The molecule has 0 saturated carbocycles. The van der Waals surface area contributed by atoms with Crippen LogP contribution in [0.4, 0.5) is 0 Å². The van der Waals surface area contributed by atoms with Gasteiger partial charge in [-0.25, -0.2) is 9.78 Å². The van der Waals surface area contributed by atoms with Crippen molar-refractivity contribution in [2.75, 3.05) is 0 Å². The van der Waals surface area contributed by atoms with E-state index in [9.17, 15) is 9.59 Å². The summed E-state index contributed by atoms with van der Waals surface area (Å²) in [5.41, 5.74) is 1.72. The number of hydrogen-bond donors (Lipinski definition) is 3.